The van der Waals surface area contributed by atoms with E-state index >= 15 is 0 Å². The number of carbonyl (C=O) groups excluding carboxylic acids is 4. The average Bonchev–Trinajstić information content (AvgIpc) is 2.90. The number of unbranched alkanes of at least 4 members (excludes halogenated alkanes) is 1. The van der Waals surface area contributed by atoms with Gasteiger partial charge >= 0.3 is 17.8 Å². The molecule has 1 N–H and O–H groups in total. The van der Waals surface area contributed by atoms with Gasteiger partial charge in [0.05, 0.1) is 4.90 Å². The zero-order valence-corrected chi connectivity index (χ0v) is 18.1. The smallest absolute Gasteiger partial charge is 0.325 e. The maximum Gasteiger partial charge on any atom is 0.334 e. The van der Waals surface area contributed by atoms with Gasteiger partial charge in [0.1, 0.15) is 6.54 Å². The van der Waals surface area contributed by atoms with Gasteiger partial charge in [0, 0.05) is 25.3 Å². The first-order chi connectivity index (χ1) is 14.2. The lowest BCUT2D eigenvalue weighted by atomic mass is 10.3. The summed E-state index contributed by atoms with van der Waals surface area (Å²) in [5, 5.41) is 2.50. The lowest BCUT2D eigenvalue weighted by Crippen LogP contribution is -2.39. The Morgan fingerprint density at radius 3 is 2.07 bits per heavy atom. The van der Waals surface area contributed by atoms with Gasteiger partial charge in [-0.25, -0.2) is 18.1 Å². The van der Waals surface area contributed by atoms with E-state index in [1.165, 1.54) is 28.6 Å². The van der Waals surface area contributed by atoms with E-state index in [4.69, 9.17) is 0 Å². The monoisotopic (exact) mass is 438 g/mol. The number of amides is 5. The molecule has 0 bridgehead atoms. The molecule has 0 saturated carbocycles. The molecule has 0 unspecified atom stereocenters. The molecule has 11 heteroatoms. The maximum atomic E-state index is 12.5. The van der Waals surface area contributed by atoms with Crippen molar-refractivity contribution in [2.75, 3.05) is 31.5 Å². The number of nitrogens with one attached hydrogen (secondary N) is 1. The largest absolute Gasteiger partial charge is 0.334 e. The summed E-state index contributed by atoms with van der Waals surface area (Å²) in [6.07, 6.45) is 1.30. The van der Waals surface area contributed by atoms with Gasteiger partial charge < -0.3 is 5.32 Å². The highest BCUT2D eigenvalue weighted by Crippen LogP contribution is 2.19. The predicted octanol–water partition coefficient (Wildman–Crippen LogP) is 1.25. The van der Waals surface area contributed by atoms with Crippen LogP contribution in [0.5, 0.6) is 0 Å². The first-order valence-electron chi connectivity index (χ1n) is 9.74. The Balaban J connectivity index is 2.04. The van der Waals surface area contributed by atoms with Gasteiger partial charge in [-0.3, -0.25) is 19.3 Å². The summed E-state index contributed by atoms with van der Waals surface area (Å²) in [5.74, 6) is -2.65. The van der Waals surface area contributed by atoms with E-state index in [2.05, 4.69) is 5.32 Å². The molecule has 1 aromatic rings. The topological polar surface area (TPSA) is 124 Å². The molecule has 5 amide bonds. The Morgan fingerprint density at radius 2 is 1.53 bits per heavy atom. The molecule has 0 aromatic heterocycles. The number of imide groups is 2. The van der Waals surface area contributed by atoms with Gasteiger partial charge in [0.15, 0.2) is 0 Å². The molecule has 0 spiro atoms. The Kier molecular flexibility index (Phi) is 7.68. The van der Waals surface area contributed by atoms with Crippen molar-refractivity contribution in [3.8, 4) is 0 Å². The molecule has 1 fully saturated rings. The van der Waals surface area contributed by atoms with Crippen LogP contribution in [-0.4, -0.2) is 72.5 Å². The number of hydrogen-bond acceptors (Lipinski definition) is 6. The highest BCUT2D eigenvalue weighted by molar-refractivity contribution is 7.89. The van der Waals surface area contributed by atoms with Crippen LogP contribution in [0, 0.1) is 0 Å². The third kappa shape index (κ3) is 4.85. The number of anilines is 1. The Morgan fingerprint density at radius 1 is 0.967 bits per heavy atom. The van der Waals surface area contributed by atoms with Crippen molar-refractivity contribution in [1.82, 2.24) is 14.1 Å². The van der Waals surface area contributed by atoms with Crippen molar-refractivity contribution < 1.29 is 27.6 Å². The summed E-state index contributed by atoms with van der Waals surface area (Å²) in [6.45, 7) is 5.56. The van der Waals surface area contributed by atoms with Crippen LogP contribution in [0.15, 0.2) is 29.2 Å². The predicted molar refractivity (Wildman–Crippen MR) is 109 cm³/mol. The molecule has 30 heavy (non-hydrogen) atoms. The average molecular weight is 439 g/mol. The first kappa shape index (κ1) is 23.5. The highest BCUT2D eigenvalue weighted by Gasteiger charge is 2.44. The molecule has 0 aliphatic carbocycles. The van der Waals surface area contributed by atoms with Gasteiger partial charge in [0.2, 0.25) is 15.9 Å². The lowest BCUT2D eigenvalue weighted by molar-refractivity contribution is -0.143. The molecule has 1 aliphatic rings. The fourth-order valence-electron chi connectivity index (χ4n) is 2.97. The van der Waals surface area contributed by atoms with E-state index < -0.39 is 40.3 Å². The number of sulfonamides is 1. The molecule has 0 radical (unpaired) electrons. The molecule has 1 aliphatic heterocycles. The van der Waals surface area contributed by atoms with Crippen LogP contribution in [0.4, 0.5) is 10.5 Å². The minimum absolute atomic E-state index is 0.0891. The SMILES string of the molecule is CCCCN1C(=O)C(=O)N(CC(=O)Nc2ccc(S(=O)(=O)N(CC)CC)cc2)C1=O. The minimum atomic E-state index is -3.62. The van der Waals surface area contributed by atoms with E-state index in [1.54, 1.807) is 13.8 Å². The fourth-order valence-corrected chi connectivity index (χ4v) is 4.43. The number of hydrogen-bond donors (Lipinski definition) is 1. The van der Waals surface area contributed by atoms with E-state index in [0.29, 0.717) is 30.1 Å². The molecule has 1 saturated heterocycles. The van der Waals surface area contributed by atoms with Crippen LogP contribution in [0.2, 0.25) is 0 Å². The van der Waals surface area contributed by atoms with Crippen LogP contribution < -0.4 is 5.32 Å². The van der Waals surface area contributed by atoms with Gasteiger partial charge in [-0.15, -0.1) is 0 Å². The zero-order valence-electron chi connectivity index (χ0n) is 17.3. The summed E-state index contributed by atoms with van der Waals surface area (Å²) in [6, 6.07) is 4.76. The van der Waals surface area contributed by atoms with Crippen LogP contribution in [0.1, 0.15) is 33.6 Å². The van der Waals surface area contributed by atoms with E-state index in [-0.39, 0.29) is 11.4 Å². The minimum Gasteiger partial charge on any atom is -0.325 e. The molecule has 10 nitrogen and oxygen atoms in total. The van der Waals surface area contributed by atoms with Crippen molar-refractivity contribution in [3.63, 3.8) is 0 Å². The van der Waals surface area contributed by atoms with E-state index in [0.717, 1.165) is 11.3 Å². The maximum absolute atomic E-state index is 12.5. The second kappa shape index (κ2) is 9.81. The van der Waals surface area contributed by atoms with Gasteiger partial charge in [-0.05, 0) is 30.7 Å². The Hall–Kier alpha value is -2.79. The molecule has 1 aromatic carbocycles. The molecule has 2 rings (SSSR count). The van der Waals surface area contributed by atoms with Crippen molar-refractivity contribution in [3.05, 3.63) is 24.3 Å². The normalized spacial score (nSPS) is 14.7. The molecule has 1 heterocycles. The number of benzene rings is 1. The third-order valence-corrected chi connectivity index (χ3v) is 6.72. The lowest BCUT2D eigenvalue weighted by Gasteiger charge is -2.18. The van der Waals surface area contributed by atoms with Crippen molar-refractivity contribution >= 4 is 39.5 Å². The number of nitrogens with zero attached hydrogens (tertiary/aromatic N) is 3. The second-order valence-electron chi connectivity index (χ2n) is 6.65. The van der Waals surface area contributed by atoms with Crippen LogP contribution in [0.25, 0.3) is 0 Å². The number of urea groups is 1. The van der Waals surface area contributed by atoms with E-state index in [9.17, 15) is 27.6 Å². The van der Waals surface area contributed by atoms with Crippen molar-refractivity contribution in [2.24, 2.45) is 0 Å². The summed E-state index contributed by atoms with van der Waals surface area (Å²) >= 11 is 0. The first-order valence-corrected chi connectivity index (χ1v) is 11.2. The van der Waals surface area contributed by atoms with E-state index in [1.807, 2.05) is 6.92 Å². The van der Waals surface area contributed by atoms with Gasteiger partial charge in [0.25, 0.3) is 0 Å². The zero-order chi connectivity index (χ0) is 22.5. The summed E-state index contributed by atoms with van der Waals surface area (Å²) in [5.41, 5.74) is 0.298. The van der Waals surface area contributed by atoms with Crippen LogP contribution in [0.3, 0.4) is 0 Å². The van der Waals surface area contributed by atoms with Crippen LogP contribution >= 0.6 is 0 Å². The van der Waals surface area contributed by atoms with Crippen molar-refractivity contribution in [2.45, 2.75) is 38.5 Å². The Labute approximate surface area is 175 Å². The van der Waals surface area contributed by atoms with Crippen LogP contribution in [-0.2, 0) is 24.4 Å². The molecule has 0 atom stereocenters. The third-order valence-electron chi connectivity index (χ3n) is 4.65. The molecular formula is C19H26N4O6S. The van der Waals surface area contributed by atoms with Gasteiger partial charge in [-0.2, -0.15) is 4.31 Å². The molecular weight excluding hydrogens is 412 g/mol. The standard InChI is InChI=1S/C19H26N4O6S/c1-4-7-12-22-17(25)18(26)23(19(22)27)13-16(24)20-14-8-10-15(11-9-14)30(28,29)21(5-2)6-3/h8-11H,4-7,12-13H2,1-3H3,(H,20,24). The van der Waals surface area contributed by atoms with Crippen molar-refractivity contribution in [1.29, 1.82) is 0 Å². The fraction of sp³-hybridized carbons (Fsp3) is 0.474. The number of rotatable bonds is 10. The quantitative estimate of drug-likeness (QED) is 0.433. The molecule has 164 valence electrons. The highest BCUT2D eigenvalue weighted by atomic mass is 32.2. The summed E-state index contributed by atoms with van der Waals surface area (Å²) < 4.78 is 26.3. The second-order valence-corrected chi connectivity index (χ2v) is 8.58. The summed E-state index contributed by atoms with van der Waals surface area (Å²) in [7, 11) is -3.62. The van der Waals surface area contributed by atoms with Gasteiger partial charge in [-0.1, -0.05) is 27.2 Å². The number of carbonyl (C=O) groups is 4. The summed E-state index contributed by atoms with van der Waals surface area (Å²) in [4.78, 5) is 50.0. The Bertz CT molecular complexity index is 925.